The Balaban J connectivity index is 2.04. The summed E-state index contributed by atoms with van der Waals surface area (Å²) in [5.41, 5.74) is 3.24. The van der Waals surface area contributed by atoms with Crippen LogP contribution in [0.1, 0.15) is 25.5 Å². The molecule has 1 unspecified atom stereocenters. The van der Waals surface area contributed by atoms with Gasteiger partial charge in [-0.3, -0.25) is 4.98 Å². The van der Waals surface area contributed by atoms with Gasteiger partial charge in [-0.05, 0) is 26.0 Å². The van der Waals surface area contributed by atoms with Crippen molar-refractivity contribution in [1.29, 1.82) is 0 Å². The first-order chi connectivity index (χ1) is 11.7. The third-order valence-electron chi connectivity index (χ3n) is 3.83. The van der Waals surface area contributed by atoms with Crippen molar-refractivity contribution in [1.82, 2.24) is 10.3 Å². The summed E-state index contributed by atoms with van der Waals surface area (Å²) >= 11 is 0. The molecule has 2 aliphatic heterocycles. The Hall–Kier alpha value is -2.83. The normalized spacial score (nSPS) is 19.5. The molecule has 0 bridgehead atoms. The molecule has 3 rings (SSSR count). The Labute approximate surface area is 140 Å². The molecule has 0 aromatic carbocycles. The summed E-state index contributed by atoms with van der Waals surface area (Å²) in [6.45, 7) is 4.31. The first kappa shape index (κ1) is 16.0. The smallest absolute Gasteiger partial charge is 0.481 e. The Morgan fingerprint density at radius 2 is 2.25 bits per heavy atom. The molecule has 24 heavy (non-hydrogen) atoms. The van der Waals surface area contributed by atoms with E-state index in [9.17, 15) is 4.79 Å². The van der Waals surface area contributed by atoms with E-state index in [4.69, 9.17) is 14.2 Å². The topological polar surface area (TPSA) is 82.0 Å². The van der Waals surface area contributed by atoms with Crippen LogP contribution >= 0.6 is 0 Å². The molecule has 126 valence electrons. The highest BCUT2D eigenvalue weighted by Crippen LogP contribution is 2.40. The van der Waals surface area contributed by atoms with Gasteiger partial charge in [0, 0.05) is 11.9 Å². The van der Waals surface area contributed by atoms with Gasteiger partial charge in [-0.15, -0.1) is 0 Å². The van der Waals surface area contributed by atoms with Crippen molar-refractivity contribution < 1.29 is 19.0 Å². The van der Waals surface area contributed by atoms with Crippen LogP contribution in [0.15, 0.2) is 52.1 Å². The summed E-state index contributed by atoms with van der Waals surface area (Å²) in [6.07, 6.45) is 0.959. The monoisotopic (exact) mass is 329 g/mol. The Morgan fingerprint density at radius 1 is 1.42 bits per heavy atom. The SMILES string of the molecule is CCOC(=O)OC1=C(C)NC2=C(C(OC)=NC2)C1c1ccccn1. The summed E-state index contributed by atoms with van der Waals surface area (Å²) < 4.78 is 15.8. The minimum Gasteiger partial charge on any atom is -0.481 e. The Kier molecular flexibility index (Phi) is 4.50. The molecular weight excluding hydrogens is 310 g/mol. The van der Waals surface area contributed by atoms with Gasteiger partial charge in [0.1, 0.15) is 5.76 Å². The molecule has 1 N–H and O–H groups in total. The van der Waals surface area contributed by atoms with Crippen molar-refractivity contribution in [3.05, 3.63) is 52.8 Å². The molecule has 3 heterocycles. The highest BCUT2D eigenvalue weighted by atomic mass is 16.7. The van der Waals surface area contributed by atoms with Crippen LogP contribution in [0.5, 0.6) is 0 Å². The standard InChI is InChI=1S/C17H19N3O4/c1-4-23-17(21)24-15-10(2)20-12-9-19-16(22-3)14(12)13(15)11-7-5-6-8-18-11/h5-8,13,20H,4,9H2,1-3H3. The molecule has 0 saturated heterocycles. The van der Waals surface area contributed by atoms with E-state index in [0.717, 1.165) is 22.7 Å². The van der Waals surface area contributed by atoms with Gasteiger partial charge >= 0.3 is 6.16 Å². The third-order valence-corrected chi connectivity index (χ3v) is 3.83. The van der Waals surface area contributed by atoms with Crippen molar-refractivity contribution in [3.63, 3.8) is 0 Å². The van der Waals surface area contributed by atoms with Gasteiger partial charge in [0.2, 0.25) is 5.90 Å². The van der Waals surface area contributed by atoms with Crippen LogP contribution in [-0.4, -0.2) is 37.3 Å². The van der Waals surface area contributed by atoms with Gasteiger partial charge in [0.25, 0.3) is 0 Å². The molecule has 1 aromatic rings. The highest BCUT2D eigenvalue weighted by molar-refractivity contribution is 5.99. The minimum atomic E-state index is -0.743. The van der Waals surface area contributed by atoms with E-state index in [0.29, 0.717) is 18.2 Å². The predicted octanol–water partition coefficient (Wildman–Crippen LogP) is 2.49. The molecule has 0 spiro atoms. The first-order valence-electron chi connectivity index (χ1n) is 7.70. The number of aliphatic imine (C=N–C) groups is 1. The molecule has 1 atom stereocenters. The van der Waals surface area contributed by atoms with Crippen molar-refractivity contribution in [3.8, 4) is 0 Å². The number of carbonyl (C=O) groups is 1. The zero-order chi connectivity index (χ0) is 17.1. The number of methoxy groups -OCH3 is 1. The average Bonchev–Trinajstić information content (AvgIpc) is 2.99. The molecule has 0 amide bonds. The van der Waals surface area contributed by atoms with E-state index in [1.165, 1.54) is 0 Å². The molecule has 0 aliphatic carbocycles. The molecule has 2 aliphatic rings. The predicted molar refractivity (Wildman–Crippen MR) is 87.3 cm³/mol. The van der Waals surface area contributed by atoms with E-state index in [1.807, 2.05) is 25.1 Å². The average molecular weight is 329 g/mol. The second-order valence-electron chi connectivity index (χ2n) is 5.30. The fourth-order valence-electron chi connectivity index (χ4n) is 2.87. The van der Waals surface area contributed by atoms with E-state index in [1.54, 1.807) is 20.2 Å². The van der Waals surface area contributed by atoms with Crippen molar-refractivity contribution in [2.24, 2.45) is 4.99 Å². The summed E-state index contributed by atoms with van der Waals surface area (Å²) in [5.74, 6) is 0.580. The third kappa shape index (κ3) is 2.84. The lowest BCUT2D eigenvalue weighted by Crippen LogP contribution is -2.30. The van der Waals surface area contributed by atoms with Crippen LogP contribution in [0.3, 0.4) is 0 Å². The van der Waals surface area contributed by atoms with Crippen LogP contribution in [0.25, 0.3) is 0 Å². The molecule has 7 nitrogen and oxygen atoms in total. The van der Waals surface area contributed by atoms with E-state index >= 15 is 0 Å². The molecule has 0 fully saturated rings. The minimum absolute atomic E-state index is 0.242. The number of pyridine rings is 1. The molecule has 0 radical (unpaired) electrons. The van der Waals surface area contributed by atoms with Crippen molar-refractivity contribution in [2.45, 2.75) is 19.8 Å². The number of nitrogens with zero attached hydrogens (tertiary/aromatic N) is 2. The fourth-order valence-corrected chi connectivity index (χ4v) is 2.87. The number of carbonyl (C=O) groups excluding carboxylic acids is 1. The number of hydrogen-bond donors (Lipinski definition) is 1. The van der Waals surface area contributed by atoms with E-state index < -0.39 is 6.16 Å². The van der Waals surface area contributed by atoms with Gasteiger partial charge in [-0.1, -0.05) is 6.07 Å². The van der Waals surface area contributed by atoms with Gasteiger partial charge in [0.05, 0.1) is 43.1 Å². The number of aromatic nitrogens is 1. The number of rotatable bonds is 3. The zero-order valence-corrected chi connectivity index (χ0v) is 13.8. The van der Waals surface area contributed by atoms with E-state index in [2.05, 4.69) is 15.3 Å². The maximum Gasteiger partial charge on any atom is 0.513 e. The lowest BCUT2D eigenvalue weighted by atomic mass is 9.88. The fraction of sp³-hybridized carbons (Fsp3) is 0.353. The Bertz CT molecular complexity index is 737. The summed E-state index contributed by atoms with van der Waals surface area (Å²) in [7, 11) is 1.57. The number of nitrogens with one attached hydrogen (secondary N) is 1. The number of dihydropyridines is 1. The lowest BCUT2D eigenvalue weighted by molar-refractivity contribution is 0.0770. The summed E-state index contributed by atoms with van der Waals surface area (Å²) in [4.78, 5) is 20.7. The highest BCUT2D eigenvalue weighted by Gasteiger charge is 2.39. The second-order valence-corrected chi connectivity index (χ2v) is 5.30. The molecule has 1 aromatic heterocycles. The largest absolute Gasteiger partial charge is 0.513 e. The van der Waals surface area contributed by atoms with Gasteiger partial charge in [-0.2, -0.15) is 0 Å². The van der Waals surface area contributed by atoms with Crippen LogP contribution in [0, 0.1) is 0 Å². The quantitative estimate of drug-likeness (QED) is 0.858. The van der Waals surface area contributed by atoms with Crippen molar-refractivity contribution in [2.75, 3.05) is 20.3 Å². The zero-order valence-electron chi connectivity index (χ0n) is 13.8. The van der Waals surface area contributed by atoms with E-state index in [-0.39, 0.29) is 12.5 Å². The second kappa shape index (κ2) is 6.74. The molecule has 7 heteroatoms. The Morgan fingerprint density at radius 3 is 2.92 bits per heavy atom. The number of allylic oxidation sites excluding steroid dienone is 2. The van der Waals surface area contributed by atoms with Gasteiger partial charge < -0.3 is 19.5 Å². The number of hydrogen-bond acceptors (Lipinski definition) is 7. The number of ether oxygens (including phenoxy) is 3. The first-order valence-corrected chi connectivity index (χ1v) is 7.70. The maximum absolute atomic E-state index is 11.9. The van der Waals surface area contributed by atoms with Crippen LogP contribution in [0.2, 0.25) is 0 Å². The molecular formula is C17H19N3O4. The lowest BCUT2D eigenvalue weighted by Gasteiger charge is -2.28. The van der Waals surface area contributed by atoms with Gasteiger partial charge in [0.15, 0.2) is 0 Å². The van der Waals surface area contributed by atoms with Crippen LogP contribution in [-0.2, 0) is 14.2 Å². The summed E-state index contributed by atoms with van der Waals surface area (Å²) in [6, 6.07) is 5.61. The van der Waals surface area contributed by atoms with Crippen LogP contribution in [0.4, 0.5) is 4.79 Å². The summed E-state index contributed by atoms with van der Waals surface area (Å²) in [5, 5.41) is 3.24. The maximum atomic E-state index is 11.9. The molecule has 0 saturated carbocycles. The van der Waals surface area contributed by atoms with Gasteiger partial charge in [-0.25, -0.2) is 9.79 Å². The van der Waals surface area contributed by atoms with Crippen molar-refractivity contribution >= 4 is 12.1 Å². The van der Waals surface area contributed by atoms with Crippen LogP contribution < -0.4 is 5.32 Å².